The first-order chi connectivity index (χ1) is 7.55. The van der Waals surface area contributed by atoms with Crippen molar-refractivity contribution in [1.82, 2.24) is 9.71 Å². The summed E-state index contributed by atoms with van der Waals surface area (Å²) in [5, 5.41) is 9.66. The highest BCUT2D eigenvalue weighted by Crippen LogP contribution is 2.07. The van der Waals surface area contributed by atoms with E-state index in [1.165, 1.54) is 0 Å². The first kappa shape index (κ1) is 13.1. The van der Waals surface area contributed by atoms with Crippen molar-refractivity contribution in [3.63, 3.8) is 0 Å². The lowest BCUT2D eigenvalue weighted by atomic mass is 10.2. The standard InChI is InChI=1S/C10H16N2O3S/c1-2-7-16(14,15)12-8-10(13)9-5-3-4-6-11-9/h3-6,10,12-13H,2,7-8H2,1H3/t10-/m0/s1. The second kappa shape index (κ2) is 5.93. The van der Waals surface area contributed by atoms with Gasteiger partial charge in [0.15, 0.2) is 0 Å². The molecule has 1 aromatic heterocycles. The lowest BCUT2D eigenvalue weighted by Gasteiger charge is -2.11. The van der Waals surface area contributed by atoms with Crippen molar-refractivity contribution >= 4 is 10.0 Å². The number of rotatable bonds is 6. The molecule has 2 N–H and O–H groups in total. The lowest BCUT2D eigenvalue weighted by Crippen LogP contribution is -2.30. The molecule has 0 amide bonds. The molecule has 0 aliphatic heterocycles. The van der Waals surface area contributed by atoms with Gasteiger partial charge in [-0.15, -0.1) is 0 Å². The van der Waals surface area contributed by atoms with E-state index in [9.17, 15) is 13.5 Å². The van der Waals surface area contributed by atoms with Gasteiger partial charge < -0.3 is 5.11 Å². The Morgan fingerprint density at radius 3 is 2.81 bits per heavy atom. The summed E-state index contributed by atoms with van der Waals surface area (Å²) in [6.07, 6.45) is 1.20. The van der Waals surface area contributed by atoms with E-state index in [0.29, 0.717) is 12.1 Å². The van der Waals surface area contributed by atoms with E-state index in [-0.39, 0.29) is 12.3 Å². The van der Waals surface area contributed by atoms with Crippen molar-refractivity contribution in [3.05, 3.63) is 30.1 Å². The summed E-state index contributed by atoms with van der Waals surface area (Å²) >= 11 is 0. The molecule has 0 aromatic carbocycles. The molecule has 1 rings (SSSR count). The lowest BCUT2D eigenvalue weighted by molar-refractivity contribution is 0.177. The first-order valence-electron chi connectivity index (χ1n) is 5.11. The largest absolute Gasteiger partial charge is 0.385 e. The van der Waals surface area contributed by atoms with E-state index in [0.717, 1.165) is 0 Å². The summed E-state index contributed by atoms with van der Waals surface area (Å²) in [5.41, 5.74) is 0.460. The summed E-state index contributed by atoms with van der Waals surface area (Å²) in [7, 11) is -3.27. The van der Waals surface area contributed by atoms with E-state index in [4.69, 9.17) is 0 Å². The number of pyridine rings is 1. The third kappa shape index (κ3) is 4.26. The first-order valence-corrected chi connectivity index (χ1v) is 6.76. The Balaban J connectivity index is 2.51. The molecule has 0 radical (unpaired) electrons. The smallest absolute Gasteiger partial charge is 0.211 e. The molecule has 1 heterocycles. The van der Waals surface area contributed by atoms with E-state index >= 15 is 0 Å². The molecule has 0 bridgehead atoms. The predicted molar refractivity (Wildman–Crippen MR) is 61.3 cm³/mol. The fraction of sp³-hybridized carbons (Fsp3) is 0.500. The molecular weight excluding hydrogens is 228 g/mol. The van der Waals surface area contributed by atoms with Crippen LogP contribution in [0.1, 0.15) is 25.1 Å². The Bertz CT molecular complexity index is 405. The third-order valence-corrected chi connectivity index (χ3v) is 3.55. The molecule has 0 aliphatic carbocycles. The summed E-state index contributed by atoms with van der Waals surface area (Å²) in [6.45, 7) is 1.74. The van der Waals surface area contributed by atoms with E-state index < -0.39 is 16.1 Å². The van der Waals surface area contributed by atoms with Crippen LogP contribution < -0.4 is 4.72 Å². The number of aliphatic hydroxyl groups is 1. The maximum atomic E-state index is 11.3. The van der Waals surface area contributed by atoms with Gasteiger partial charge in [-0.25, -0.2) is 13.1 Å². The molecule has 16 heavy (non-hydrogen) atoms. The van der Waals surface area contributed by atoms with Gasteiger partial charge in [-0.05, 0) is 18.6 Å². The van der Waals surface area contributed by atoms with Crippen molar-refractivity contribution < 1.29 is 13.5 Å². The van der Waals surface area contributed by atoms with Crippen LogP contribution in [-0.4, -0.2) is 30.8 Å². The normalized spacial score (nSPS) is 13.6. The maximum Gasteiger partial charge on any atom is 0.211 e. The molecule has 0 saturated carbocycles. The van der Waals surface area contributed by atoms with Crippen molar-refractivity contribution in [1.29, 1.82) is 0 Å². The fourth-order valence-electron chi connectivity index (χ4n) is 1.22. The van der Waals surface area contributed by atoms with Crippen molar-refractivity contribution in [3.8, 4) is 0 Å². The number of nitrogens with one attached hydrogen (secondary N) is 1. The minimum absolute atomic E-state index is 0.0423. The second-order valence-electron chi connectivity index (χ2n) is 3.44. The van der Waals surface area contributed by atoms with Crippen LogP contribution in [-0.2, 0) is 10.0 Å². The average molecular weight is 244 g/mol. The molecule has 0 spiro atoms. The number of sulfonamides is 1. The SMILES string of the molecule is CCCS(=O)(=O)NC[C@H](O)c1ccccn1. The Morgan fingerprint density at radius 1 is 1.50 bits per heavy atom. The van der Waals surface area contributed by atoms with Gasteiger partial charge in [0.25, 0.3) is 0 Å². The summed E-state index contributed by atoms with van der Waals surface area (Å²) in [4.78, 5) is 3.94. The summed E-state index contributed by atoms with van der Waals surface area (Å²) < 4.78 is 25.0. The highest BCUT2D eigenvalue weighted by Gasteiger charge is 2.13. The van der Waals surface area contributed by atoms with Crippen LogP contribution in [0.15, 0.2) is 24.4 Å². The monoisotopic (exact) mass is 244 g/mol. The van der Waals surface area contributed by atoms with Crippen molar-refractivity contribution in [2.24, 2.45) is 0 Å². The zero-order chi connectivity index (χ0) is 12.0. The Labute approximate surface area is 95.6 Å². The summed E-state index contributed by atoms with van der Waals surface area (Å²) in [6, 6.07) is 5.13. The van der Waals surface area contributed by atoms with Gasteiger partial charge in [0.2, 0.25) is 10.0 Å². The van der Waals surface area contributed by atoms with Crippen LogP contribution in [0, 0.1) is 0 Å². The number of hydrogen-bond acceptors (Lipinski definition) is 4. The van der Waals surface area contributed by atoms with E-state index in [1.807, 2.05) is 0 Å². The Morgan fingerprint density at radius 2 is 2.25 bits per heavy atom. The zero-order valence-corrected chi connectivity index (χ0v) is 9.94. The van der Waals surface area contributed by atoms with Crippen LogP contribution in [0.3, 0.4) is 0 Å². The third-order valence-electron chi connectivity index (χ3n) is 2.00. The second-order valence-corrected chi connectivity index (χ2v) is 5.36. The van der Waals surface area contributed by atoms with Gasteiger partial charge in [-0.3, -0.25) is 4.98 Å². The number of hydrogen-bond donors (Lipinski definition) is 2. The number of nitrogens with zero attached hydrogens (tertiary/aromatic N) is 1. The molecule has 6 heteroatoms. The molecule has 5 nitrogen and oxygen atoms in total. The highest BCUT2D eigenvalue weighted by molar-refractivity contribution is 7.89. The van der Waals surface area contributed by atoms with Gasteiger partial charge in [-0.2, -0.15) is 0 Å². The molecule has 0 aliphatic rings. The molecular formula is C10H16N2O3S. The minimum atomic E-state index is -3.27. The van der Waals surface area contributed by atoms with Crippen LogP contribution in [0.5, 0.6) is 0 Å². The van der Waals surface area contributed by atoms with Crippen molar-refractivity contribution in [2.75, 3.05) is 12.3 Å². The topological polar surface area (TPSA) is 79.3 Å². The molecule has 1 aromatic rings. The van der Waals surface area contributed by atoms with Gasteiger partial charge in [0.1, 0.15) is 6.10 Å². The Hall–Kier alpha value is -0.980. The molecule has 0 fully saturated rings. The molecule has 1 atom stereocenters. The van der Waals surface area contributed by atoms with Crippen LogP contribution in [0.2, 0.25) is 0 Å². The van der Waals surface area contributed by atoms with Gasteiger partial charge in [0, 0.05) is 12.7 Å². The van der Waals surface area contributed by atoms with Gasteiger partial charge in [-0.1, -0.05) is 13.0 Å². The summed E-state index contributed by atoms with van der Waals surface area (Å²) in [5.74, 6) is 0.0714. The number of aromatic nitrogens is 1. The van der Waals surface area contributed by atoms with Crippen molar-refractivity contribution in [2.45, 2.75) is 19.4 Å². The molecule has 90 valence electrons. The molecule has 0 saturated heterocycles. The quantitative estimate of drug-likeness (QED) is 0.761. The zero-order valence-electron chi connectivity index (χ0n) is 9.13. The van der Waals surface area contributed by atoms with Crippen LogP contribution in [0.25, 0.3) is 0 Å². The highest BCUT2D eigenvalue weighted by atomic mass is 32.2. The number of aliphatic hydroxyl groups excluding tert-OH is 1. The van der Waals surface area contributed by atoms with Crippen LogP contribution >= 0.6 is 0 Å². The Kier molecular flexibility index (Phi) is 4.85. The van der Waals surface area contributed by atoms with E-state index in [2.05, 4.69) is 9.71 Å². The van der Waals surface area contributed by atoms with Gasteiger partial charge >= 0.3 is 0 Å². The fourth-order valence-corrected chi connectivity index (χ4v) is 2.32. The minimum Gasteiger partial charge on any atom is -0.385 e. The van der Waals surface area contributed by atoms with Crippen LogP contribution in [0.4, 0.5) is 0 Å². The average Bonchev–Trinajstić information content (AvgIpc) is 2.27. The van der Waals surface area contributed by atoms with Gasteiger partial charge in [0.05, 0.1) is 11.4 Å². The molecule has 0 unspecified atom stereocenters. The van der Waals surface area contributed by atoms with E-state index in [1.54, 1.807) is 31.3 Å². The maximum absolute atomic E-state index is 11.3. The predicted octanol–water partition coefficient (Wildman–Crippen LogP) is 0.444.